The molecule has 1 unspecified atom stereocenters. The van der Waals surface area contributed by atoms with Crippen LogP contribution in [0.4, 0.5) is 13.2 Å². The summed E-state index contributed by atoms with van der Waals surface area (Å²) in [4.78, 5) is 11.4. The number of halogens is 3. The third kappa shape index (κ3) is 2.20. The van der Waals surface area contributed by atoms with Crippen molar-refractivity contribution in [2.75, 3.05) is 7.11 Å². The van der Waals surface area contributed by atoms with Crippen molar-refractivity contribution >= 4 is 5.97 Å². The summed E-state index contributed by atoms with van der Waals surface area (Å²) in [5.41, 5.74) is -3.49. The van der Waals surface area contributed by atoms with E-state index in [1.165, 1.54) is 13.0 Å². The second-order valence-electron chi connectivity index (χ2n) is 4.02. The summed E-state index contributed by atoms with van der Waals surface area (Å²) in [6, 6.07) is 4.12. The van der Waals surface area contributed by atoms with Gasteiger partial charge < -0.3 is 9.84 Å². The number of rotatable bonds is 2. The Hall–Kier alpha value is -1.56. The van der Waals surface area contributed by atoms with Crippen molar-refractivity contribution in [3.63, 3.8) is 0 Å². The number of carbonyl (C=O) groups excluding carboxylic acids is 1. The quantitative estimate of drug-likeness (QED) is 0.831. The highest BCUT2D eigenvalue weighted by molar-refractivity contribution is 5.82. The van der Waals surface area contributed by atoms with Gasteiger partial charge in [0.1, 0.15) is 0 Å². The van der Waals surface area contributed by atoms with Crippen LogP contribution in [0.1, 0.15) is 16.7 Å². The maximum Gasteiger partial charge on any atom is 0.432 e. The van der Waals surface area contributed by atoms with Crippen molar-refractivity contribution in [2.24, 2.45) is 0 Å². The second-order valence-corrected chi connectivity index (χ2v) is 4.02. The fraction of sp³-hybridized carbons (Fsp3) is 0.417. The zero-order valence-corrected chi connectivity index (χ0v) is 10.1. The fourth-order valence-corrected chi connectivity index (χ4v) is 1.65. The van der Waals surface area contributed by atoms with Crippen LogP contribution in [0.2, 0.25) is 0 Å². The van der Waals surface area contributed by atoms with Crippen molar-refractivity contribution in [2.45, 2.75) is 25.6 Å². The van der Waals surface area contributed by atoms with Gasteiger partial charge in [0.25, 0.3) is 5.60 Å². The number of ether oxygens (including phenoxy) is 1. The molecule has 1 aromatic rings. The van der Waals surface area contributed by atoms with E-state index in [-0.39, 0.29) is 5.56 Å². The van der Waals surface area contributed by atoms with Gasteiger partial charge in [0, 0.05) is 5.56 Å². The van der Waals surface area contributed by atoms with Crippen LogP contribution in [-0.4, -0.2) is 24.4 Å². The van der Waals surface area contributed by atoms with Crippen molar-refractivity contribution in [3.05, 3.63) is 34.9 Å². The topological polar surface area (TPSA) is 46.5 Å². The first-order valence-corrected chi connectivity index (χ1v) is 5.10. The lowest BCUT2D eigenvalue weighted by Crippen LogP contribution is -2.50. The van der Waals surface area contributed by atoms with Crippen LogP contribution in [0.15, 0.2) is 18.2 Å². The summed E-state index contributed by atoms with van der Waals surface area (Å²) in [5.74, 6) is -1.75. The van der Waals surface area contributed by atoms with E-state index in [4.69, 9.17) is 0 Å². The Kier molecular flexibility index (Phi) is 3.71. The van der Waals surface area contributed by atoms with Crippen molar-refractivity contribution in [1.29, 1.82) is 0 Å². The molecule has 1 rings (SSSR count). The van der Waals surface area contributed by atoms with Crippen molar-refractivity contribution < 1.29 is 27.8 Å². The molecule has 0 saturated carbocycles. The number of carbonyl (C=O) groups is 1. The minimum atomic E-state index is -5.15. The van der Waals surface area contributed by atoms with Crippen LogP contribution >= 0.6 is 0 Å². The minimum Gasteiger partial charge on any atom is -0.466 e. The third-order valence-electron chi connectivity index (χ3n) is 2.67. The molecule has 0 aliphatic carbocycles. The molecule has 6 heteroatoms. The lowest BCUT2D eigenvalue weighted by molar-refractivity contribution is -0.267. The molecule has 0 heterocycles. The highest BCUT2D eigenvalue weighted by Gasteiger charge is 2.62. The Bertz CT molecular complexity index is 468. The van der Waals surface area contributed by atoms with Crippen LogP contribution in [-0.2, 0) is 15.1 Å². The van der Waals surface area contributed by atoms with Gasteiger partial charge in [0.2, 0.25) is 0 Å². The number of aliphatic hydroxyl groups is 1. The number of alkyl halides is 3. The van der Waals surface area contributed by atoms with Gasteiger partial charge in [-0.25, -0.2) is 4.79 Å². The third-order valence-corrected chi connectivity index (χ3v) is 2.67. The van der Waals surface area contributed by atoms with Gasteiger partial charge >= 0.3 is 12.1 Å². The van der Waals surface area contributed by atoms with Crippen molar-refractivity contribution in [3.8, 4) is 0 Å². The maximum absolute atomic E-state index is 13.0. The van der Waals surface area contributed by atoms with Gasteiger partial charge in [-0.05, 0) is 19.4 Å². The van der Waals surface area contributed by atoms with E-state index in [1.54, 1.807) is 13.0 Å². The average molecular weight is 262 g/mol. The fourth-order valence-electron chi connectivity index (χ4n) is 1.65. The molecule has 0 saturated heterocycles. The Morgan fingerprint density at radius 3 is 2.28 bits per heavy atom. The average Bonchev–Trinajstić information content (AvgIpc) is 2.28. The largest absolute Gasteiger partial charge is 0.466 e. The predicted molar refractivity (Wildman–Crippen MR) is 57.9 cm³/mol. The first-order chi connectivity index (χ1) is 8.14. The summed E-state index contributed by atoms with van der Waals surface area (Å²) in [6.45, 7) is 2.95. The van der Waals surface area contributed by atoms with E-state index < -0.39 is 23.3 Å². The zero-order valence-electron chi connectivity index (χ0n) is 10.1. The number of hydrogen-bond acceptors (Lipinski definition) is 3. The van der Waals surface area contributed by atoms with E-state index in [2.05, 4.69) is 4.74 Å². The molecule has 0 radical (unpaired) electrons. The molecule has 100 valence electrons. The number of methoxy groups -OCH3 is 1. The molecular formula is C12H13F3O3. The molecule has 1 aromatic carbocycles. The van der Waals surface area contributed by atoms with E-state index in [0.29, 0.717) is 5.56 Å². The molecule has 1 atom stereocenters. The number of aryl methyl sites for hydroxylation is 2. The minimum absolute atomic E-state index is 0.158. The van der Waals surface area contributed by atoms with Crippen LogP contribution in [0, 0.1) is 13.8 Å². The Morgan fingerprint density at radius 1 is 1.28 bits per heavy atom. The van der Waals surface area contributed by atoms with E-state index in [0.717, 1.165) is 13.2 Å². The SMILES string of the molecule is COC(=O)C(O)(c1cc(C)ccc1C)C(F)(F)F. The smallest absolute Gasteiger partial charge is 0.432 e. The number of benzene rings is 1. The number of hydrogen-bond donors (Lipinski definition) is 1. The molecule has 3 nitrogen and oxygen atoms in total. The van der Waals surface area contributed by atoms with Gasteiger partial charge in [-0.2, -0.15) is 13.2 Å². The second kappa shape index (κ2) is 4.61. The lowest BCUT2D eigenvalue weighted by atomic mass is 9.88. The highest BCUT2D eigenvalue weighted by atomic mass is 19.4. The molecule has 0 aliphatic heterocycles. The molecule has 0 fully saturated rings. The molecule has 0 aliphatic rings. The van der Waals surface area contributed by atoms with Gasteiger partial charge in [0.15, 0.2) is 0 Å². The predicted octanol–water partition coefficient (Wildman–Crippen LogP) is 2.23. The molecule has 1 N–H and O–H groups in total. The normalized spacial score (nSPS) is 15.1. The van der Waals surface area contributed by atoms with E-state index >= 15 is 0 Å². The van der Waals surface area contributed by atoms with Crippen LogP contribution in [0.5, 0.6) is 0 Å². The first kappa shape index (κ1) is 14.5. The van der Waals surface area contributed by atoms with E-state index in [9.17, 15) is 23.1 Å². The Labute approximate surface area is 102 Å². The van der Waals surface area contributed by atoms with Gasteiger partial charge in [-0.15, -0.1) is 0 Å². The summed E-state index contributed by atoms with van der Waals surface area (Å²) < 4.78 is 43.0. The van der Waals surface area contributed by atoms with Crippen LogP contribution in [0.25, 0.3) is 0 Å². The molecule has 18 heavy (non-hydrogen) atoms. The lowest BCUT2D eigenvalue weighted by Gasteiger charge is -2.29. The van der Waals surface area contributed by atoms with Crippen molar-refractivity contribution in [1.82, 2.24) is 0 Å². The monoisotopic (exact) mass is 262 g/mol. The standard InChI is InChI=1S/C12H13F3O3/c1-7-4-5-8(2)9(6-7)11(17,10(16)18-3)12(13,14)15/h4-6,17H,1-3H3. The molecule has 0 amide bonds. The molecular weight excluding hydrogens is 249 g/mol. The molecule has 0 aromatic heterocycles. The van der Waals surface area contributed by atoms with Gasteiger partial charge in [-0.3, -0.25) is 0 Å². The van der Waals surface area contributed by atoms with Crippen LogP contribution in [0.3, 0.4) is 0 Å². The highest BCUT2D eigenvalue weighted by Crippen LogP contribution is 2.41. The van der Waals surface area contributed by atoms with Gasteiger partial charge in [-0.1, -0.05) is 23.8 Å². The summed E-state index contributed by atoms with van der Waals surface area (Å²) in [5, 5.41) is 9.79. The summed E-state index contributed by atoms with van der Waals surface area (Å²) in [7, 11) is 0.796. The molecule has 0 bridgehead atoms. The van der Waals surface area contributed by atoms with Gasteiger partial charge in [0.05, 0.1) is 7.11 Å². The van der Waals surface area contributed by atoms with E-state index in [1.807, 2.05) is 0 Å². The number of esters is 1. The van der Waals surface area contributed by atoms with Crippen LogP contribution < -0.4 is 0 Å². The summed E-state index contributed by atoms with van der Waals surface area (Å²) in [6.07, 6.45) is -5.15. The zero-order chi connectivity index (χ0) is 14.1. The Morgan fingerprint density at radius 2 is 1.83 bits per heavy atom. The Balaban J connectivity index is 3.54. The summed E-state index contributed by atoms with van der Waals surface area (Å²) >= 11 is 0. The molecule has 0 spiro atoms. The first-order valence-electron chi connectivity index (χ1n) is 5.10. The maximum atomic E-state index is 13.0.